The first kappa shape index (κ1) is 18.6. The van der Waals surface area contributed by atoms with Gasteiger partial charge in [-0.3, -0.25) is 19.7 Å². The number of nitrogens with two attached hydrogens (primary N) is 1. The molecule has 28 heavy (non-hydrogen) atoms. The van der Waals surface area contributed by atoms with E-state index < -0.39 is 23.8 Å². The first-order valence-electron chi connectivity index (χ1n) is 8.07. The zero-order valence-electron chi connectivity index (χ0n) is 14.4. The SMILES string of the molecule is NC(=O)COc1ccccc1/C=C1/C(=O)NC(=O)N(c2ccc(O)cc2)C1=O. The van der Waals surface area contributed by atoms with Gasteiger partial charge in [0.25, 0.3) is 17.7 Å². The molecule has 0 aromatic heterocycles. The van der Waals surface area contributed by atoms with Gasteiger partial charge in [0.15, 0.2) is 6.61 Å². The summed E-state index contributed by atoms with van der Waals surface area (Å²) in [6.45, 7) is -0.377. The number of primary amides is 1. The number of phenolic OH excluding ortho intramolecular Hbond substituents is 1. The third kappa shape index (κ3) is 3.83. The molecule has 0 saturated carbocycles. The molecule has 2 aromatic carbocycles. The van der Waals surface area contributed by atoms with Gasteiger partial charge >= 0.3 is 6.03 Å². The minimum Gasteiger partial charge on any atom is -0.508 e. The maximum atomic E-state index is 12.8. The quantitative estimate of drug-likeness (QED) is 0.520. The van der Waals surface area contributed by atoms with Crippen LogP contribution in [-0.2, 0) is 14.4 Å². The van der Waals surface area contributed by atoms with Crippen molar-refractivity contribution in [2.75, 3.05) is 11.5 Å². The number of para-hydroxylation sites is 1. The lowest BCUT2D eigenvalue weighted by Gasteiger charge is -2.26. The van der Waals surface area contributed by atoms with Crippen LogP contribution in [-0.4, -0.2) is 35.5 Å². The Hall–Kier alpha value is -4.14. The van der Waals surface area contributed by atoms with Crippen molar-refractivity contribution in [2.24, 2.45) is 5.73 Å². The number of anilines is 1. The van der Waals surface area contributed by atoms with Crippen molar-refractivity contribution in [1.82, 2.24) is 5.32 Å². The molecule has 3 rings (SSSR count). The van der Waals surface area contributed by atoms with Gasteiger partial charge in [-0.1, -0.05) is 18.2 Å². The second-order valence-electron chi connectivity index (χ2n) is 5.77. The summed E-state index contributed by atoms with van der Waals surface area (Å²) < 4.78 is 5.29. The molecule has 5 amide bonds. The highest BCUT2D eigenvalue weighted by molar-refractivity contribution is 6.39. The summed E-state index contributed by atoms with van der Waals surface area (Å²) in [5.41, 5.74) is 5.29. The van der Waals surface area contributed by atoms with Crippen LogP contribution in [0, 0.1) is 0 Å². The van der Waals surface area contributed by atoms with Crippen LogP contribution in [0.5, 0.6) is 11.5 Å². The molecule has 1 heterocycles. The fourth-order valence-corrected chi connectivity index (χ4v) is 2.53. The fraction of sp³-hybridized carbons (Fsp3) is 0.0526. The molecule has 4 N–H and O–H groups in total. The minimum atomic E-state index is -0.906. The Labute approximate surface area is 159 Å². The van der Waals surface area contributed by atoms with E-state index >= 15 is 0 Å². The van der Waals surface area contributed by atoms with E-state index in [0.717, 1.165) is 4.90 Å². The van der Waals surface area contributed by atoms with E-state index in [4.69, 9.17) is 10.5 Å². The Morgan fingerprint density at radius 3 is 2.46 bits per heavy atom. The molecular weight excluding hydrogens is 366 g/mol. The van der Waals surface area contributed by atoms with Crippen molar-refractivity contribution in [2.45, 2.75) is 0 Å². The maximum absolute atomic E-state index is 12.8. The lowest BCUT2D eigenvalue weighted by molar-refractivity contribution is -0.123. The summed E-state index contributed by atoms with van der Waals surface area (Å²) in [6.07, 6.45) is 1.26. The predicted octanol–water partition coefficient (Wildman–Crippen LogP) is 0.923. The summed E-state index contributed by atoms with van der Waals surface area (Å²) in [6, 6.07) is 10.9. The number of carbonyl (C=O) groups excluding carboxylic acids is 4. The second-order valence-corrected chi connectivity index (χ2v) is 5.77. The number of phenols is 1. The Balaban J connectivity index is 1.98. The molecule has 0 aliphatic carbocycles. The molecule has 0 atom stereocenters. The highest BCUT2D eigenvalue weighted by atomic mass is 16.5. The molecule has 2 aromatic rings. The van der Waals surface area contributed by atoms with E-state index in [0.29, 0.717) is 5.56 Å². The number of benzene rings is 2. The number of amides is 5. The third-order valence-electron chi connectivity index (χ3n) is 3.80. The van der Waals surface area contributed by atoms with Crippen LogP contribution in [0.25, 0.3) is 6.08 Å². The molecule has 0 spiro atoms. The van der Waals surface area contributed by atoms with Crippen molar-refractivity contribution in [3.63, 3.8) is 0 Å². The summed E-state index contributed by atoms with van der Waals surface area (Å²) >= 11 is 0. The molecule has 1 fully saturated rings. The molecule has 1 aliphatic heterocycles. The largest absolute Gasteiger partial charge is 0.508 e. The van der Waals surface area contributed by atoms with Gasteiger partial charge < -0.3 is 15.6 Å². The standard InChI is InChI=1S/C19H15N3O6/c20-16(24)10-28-15-4-2-1-3-11(15)9-14-17(25)21-19(27)22(18(14)26)12-5-7-13(23)8-6-12/h1-9,23H,10H2,(H2,20,24)(H,21,25,27)/b14-9-. The number of rotatable bonds is 5. The van der Waals surface area contributed by atoms with Gasteiger partial charge in [0.2, 0.25) is 0 Å². The van der Waals surface area contributed by atoms with Crippen molar-refractivity contribution >= 4 is 35.5 Å². The maximum Gasteiger partial charge on any atom is 0.335 e. The van der Waals surface area contributed by atoms with Crippen LogP contribution >= 0.6 is 0 Å². The highest BCUT2D eigenvalue weighted by Gasteiger charge is 2.36. The Morgan fingerprint density at radius 1 is 1.11 bits per heavy atom. The zero-order chi connectivity index (χ0) is 20.3. The van der Waals surface area contributed by atoms with Crippen LogP contribution in [0.1, 0.15) is 5.56 Å². The molecule has 9 nitrogen and oxygen atoms in total. The average molecular weight is 381 g/mol. The number of imide groups is 2. The van der Waals surface area contributed by atoms with Crippen molar-refractivity contribution in [1.29, 1.82) is 0 Å². The van der Waals surface area contributed by atoms with Gasteiger partial charge in [0, 0.05) is 5.56 Å². The van der Waals surface area contributed by atoms with Gasteiger partial charge in [0.1, 0.15) is 17.1 Å². The van der Waals surface area contributed by atoms with Crippen LogP contribution < -0.4 is 20.7 Å². The van der Waals surface area contributed by atoms with E-state index in [2.05, 4.69) is 5.32 Å². The molecule has 0 radical (unpaired) electrons. The minimum absolute atomic E-state index is 0.0408. The average Bonchev–Trinajstić information content (AvgIpc) is 2.65. The summed E-state index contributed by atoms with van der Waals surface area (Å²) in [5.74, 6) is -2.19. The van der Waals surface area contributed by atoms with Crippen molar-refractivity contribution in [3.05, 3.63) is 59.7 Å². The lowest BCUT2D eigenvalue weighted by Crippen LogP contribution is -2.54. The zero-order valence-corrected chi connectivity index (χ0v) is 14.4. The normalized spacial score (nSPS) is 15.5. The first-order chi connectivity index (χ1) is 13.4. The van der Waals surface area contributed by atoms with Crippen molar-refractivity contribution < 1.29 is 29.0 Å². The van der Waals surface area contributed by atoms with Crippen LogP contribution in [0.3, 0.4) is 0 Å². The van der Waals surface area contributed by atoms with Gasteiger partial charge in [-0.15, -0.1) is 0 Å². The summed E-state index contributed by atoms with van der Waals surface area (Å²) in [4.78, 5) is 48.9. The van der Waals surface area contributed by atoms with Gasteiger partial charge in [-0.05, 0) is 36.4 Å². The summed E-state index contributed by atoms with van der Waals surface area (Å²) in [7, 11) is 0. The molecule has 1 aliphatic rings. The number of nitrogens with zero attached hydrogens (tertiary/aromatic N) is 1. The smallest absolute Gasteiger partial charge is 0.335 e. The monoisotopic (exact) mass is 381 g/mol. The number of barbiturate groups is 1. The highest BCUT2D eigenvalue weighted by Crippen LogP contribution is 2.26. The Bertz CT molecular complexity index is 997. The number of hydrogen-bond acceptors (Lipinski definition) is 6. The number of ether oxygens (including phenoxy) is 1. The molecule has 1 saturated heterocycles. The van der Waals surface area contributed by atoms with E-state index in [1.165, 1.54) is 30.3 Å². The van der Waals surface area contributed by atoms with Gasteiger partial charge in [-0.25, -0.2) is 9.69 Å². The van der Waals surface area contributed by atoms with Crippen LogP contribution in [0.15, 0.2) is 54.1 Å². The Kier molecular flexibility index (Phi) is 5.07. The molecule has 0 unspecified atom stereocenters. The number of aromatic hydroxyl groups is 1. The lowest BCUT2D eigenvalue weighted by atomic mass is 10.1. The predicted molar refractivity (Wildman–Crippen MR) is 98.2 cm³/mol. The molecule has 9 heteroatoms. The van der Waals surface area contributed by atoms with Gasteiger partial charge in [-0.2, -0.15) is 0 Å². The topological polar surface area (TPSA) is 139 Å². The summed E-state index contributed by atoms with van der Waals surface area (Å²) in [5, 5.41) is 11.5. The van der Waals surface area contributed by atoms with E-state index in [1.54, 1.807) is 24.3 Å². The number of hydrogen-bond donors (Lipinski definition) is 3. The number of carbonyl (C=O) groups is 4. The first-order valence-corrected chi connectivity index (χ1v) is 8.07. The van der Waals surface area contributed by atoms with E-state index in [-0.39, 0.29) is 29.4 Å². The molecule has 0 bridgehead atoms. The van der Waals surface area contributed by atoms with Crippen LogP contribution in [0.4, 0.5) is 10.5 Å². The van der Waals surface area contributed by atoms with E-state index in [1.807, 2.05) is 0 Å². The fourth-order valence-electron chi connectivity index (χ4n) is 2.53. The van der Waals surface area contributed by atoms with Crippen LogP contribution in [0.2, 0.25) is 0 Å². The second kappa shape index (κ2) is 7.62. The van der Waals surface area contributed by atoms with Crippen molar-refractivity contribution in [3.8, 4) is 11.5 Å². The third-order valence-corrected chi connectivity index (χ3v) is 3.80. The molecular formula is C19H15N3O6. The van der Waals surface area contributed by atoms with E-state index in [9.17, 15) is 24.3 Å². The van der Waals surface area contributed by atoms with Gasteiger partial charge in [0.05, 0.1) is 5.69 Å². The molecule has 142 valence electrons. The number of urea groups is 1. The Morgan fingerprint density at radius 2 is 1.79 bits per heavy atom. The number of nitrogens with one attached hydrogen (secondary N) is 1.